The van der Waals surface area contributed by atoms with E-state index in [9.17, 15) is 4.79 Å². The molecule has 2 fully saturated rings. The molecule has 1 spiro atoms. The number of hydrogen-bond acceptors (Lipinski definition) is 4. The smallest absolute Gasteiger partial charge is 0.253 e. The van der Waals surface area contributed by atoms with Gasteiger partial charge in [-0.3, -0.25) is 9.79 Å². The maximum Gasteiger partial charge on any atom is 0.253 e. The van der Waals surface area contributed by atoms with Gasteiger partial charge in [-0.15, -0.1) is 0 Å². The fourth-order valence-corrected chi connectivity index (χ4v) is 4.97. The van der Waals surface area contributed by atoms with E-state index in [4.69, 9.17) is 16.6 Å². The number of likely N-dealkylation sites (tertiary alicyclic amines) is 1. The van der Waals surface area contributed by atoms with Crippen LogP contribution in [-0.4, -0.2) is 46.3 Å². The Morgan fingerprint density at radius 2 is 1.97 bits per heavy atom. The van der Waals surface area contributed by atoms with E-state index in [0.717, 1.165) is 43.0 Å². The highest BCUT2D eigenvalue weighted by Gasteiger charge is 2.44. The Morgan fingerprint density at radius 1 is 1.17 bits per heavy atom. The second-order valence-electron chi connectivity index (χ2n) is 8.45. The molecule has 2 N–H and O–H groups in total. The first kappa shape index (κ1) is 19.4. The van der Waals surface area contributed by atoms with Crippen LogP contribution in [-0.2, 0) is 0 Å². The summed E-state index contributed by atoms with van der Waals surface area (Å²) in [6.07, 6.45) is 8.19. The van der Waals surface area contributed by atoms with Gasteiger partial charge in [0, 0.05) is 29.9 Å². The number of aromatic nitrogens is 1. The summed E-state index contributed by atoms with van der Waals surface area (Å²) in [6, 6.07) is 11.5. The van der Waals surface area contributed by atoms with Crippen molar-refractivity contribution in [3.05, 3.63) is 53.2 Å². The van der Waals surface area contributed by atoms with E-state index in [1.807, 2.05) is 29.2 Å². The topological polar surface area (TPSA) is 69.6 Å². The Bertz CT molecular complexity index is 977. The van der Waals surface area contributed by atoms with E-state index in [-0.39, 0.29) is 11.4 Å². The molecule has 2 aliphatic heterocycles. The minimum atomic E-state index is -0.288. The zero-order valence-electron chi connectivity index (χ0n) is 16.9. The average molecular weight is 424 g/mol. The predicted molar refractivity (Wildman–Crippen MR) is 120 cm³/mol. The molecule has 3 heterocycles. The number of carbonyl (C=O) groups is 1. The lowest BCUT2D eigenvalue weighted by molar-refractivity contribution is 0.0705. The normalized spacial score (nSPS) is 21.9. The summed E-state index contributed by atoms with van der Waals surface area (Å²) in [5.74, 6) is 1.85. The van der Waals surface area contributed by atoms with Gasteiger partial charge in [0.1, 0.15) is 5.84 Å². The molecule has 0 bridgehead atoms. The van der Waals surface area contributed by atoms with Crippen LogP contribution in [0.1, 0.15) is 48.9 Å². The molecule has 2 aromatic rings. The van der Waals surface area contributed by atoms with Crippen molar-refractivity contribution in [1.82, 2.24) is 9.88 Å². The molecule has 6 nitrogen and oxygen atoms in total. The summed E-state index contributed by atoms with van der Waals surface area (Å²) < 4.78 is 0. The maximum absolute atomic E-state index is 13.0. The van der Waals surface area contributed by atoms with E-state index >= 15 is 0 Å². The van der Waals surface area contributed by atoms with Crippen molar-refractivity contribution in [2.24, 2.45) is 4.99 Å². The van der Waals surface area contributed by atoms with Crippen molar-refractivity contribution in [2.75, 3.05) is 23.7 Å². The monoisotopic (exact) mass is 423 g/mol. The number of rotatable bonds is 2. The van der Waals surface area contributed by atoms with Crippen LogP contribution in [0.25, 0.3) is 0 Å². The Hall–Kier alpha value is -2.60. The number of fused-ring (bicyclic) bond motifs is 1. The first-order valence-electron chi connectivity index (χ1n) is 10.8. The van der Waals surface area contributed by atoms with Crippen LogP contribution < -0.4 is 10.6 Å². The van der Waals surface area contributed by atoms with E-state index in [2.05, 4.69) is 15.6 Å². The molecule has 1 aromatic carbocycles. The molecule has 1 saturated carbocycles. The number of halogens is 1. The van der Waals surface area contributed by atoms with E-state index < -0.39 is 0 Å². The van der Waals surface area contributed by atoms with Crippen molar-refractivity contribution in [3.8, 4) is 0 Å². The van der Waals surface area contributed by atoms with Gasteiger partial charge in [0.2, 0.25) is 0 Å². The second-order valence-corrected chi connectivity index (χ2v) is 8.89. The van der Waals surface area contributed by atoms with Gasteiger partial charge in [0.25, 0.3) is 5.91 Å². The summed E-state index contributed by atoms with van der Waals surface area (Å²) in [5, 5.41) is 7.84. The maximum atomic E-state index is 13.0. The number of anilines is 2. The van der Waals surface area contributed by atoms with Gasteiger partial charge < -0.3 is 15.5 Å². The average Bonchev–Trinajstić information content (AvgIpc) is 3.28. The third-order valence-electron chi connectivity index (χ3n) is 6.48. The number of nitrogens with zero attached hydrogens (tertiary/aromatic N) is 3. The number of amidine groups is 1. The van der Waals surface area contributed by atoms with E-state index in [0.29, 0.717) is 29.7 Å². The molecule has 1 aromatic heterocycles. The number of pyridine rings is 1. The highest BCUT2D eigenvalue weighted by molar-refractivity contribution is 6.31. The summed E-state index contributed by atoms with van der Waals surface area (Å²) in [6.45, 7) is 1.33. The molecule has 30 heavy (non-hydrogen) atoms. The molecule has 1 amide bonds. The minimum absolute atomic E-state index is 0.0347. The fourth-order valence-electron chi connectivity index (χ4n) is 4.78. The minimum Gasteiger partial charge on any atom is -0.370 e. The van der Waals surface area contributed by atoms with E-state index in [1.165, 1.54) is 12.8 Å². The summed E-state index contributed by atoms with van der Waals surface area (Å²) >= 11 is 6.08. The first-order chi connectivity index (χ1) is 14.6. The van der Waals surface area contributed by atoms with E-state index in [1.54, 1.807) is 18.3 Å². The molecular weight excluding hydrogens is 398 g/mol. The number of amides is 1. The van der Waals surface area contributed by atoms with Gasteiger partial charge in [0.05, 0.1) is 17.3 Å². The standard InChI is InChI=1S/C23H26ClN5O/c24-17-6-3-5-16(15-17)21(30)29-13-10-23(11-14-29)22(26-18-7-1-2-8-18)27-20-19(28-23)9-4-12-25-20/h3-6,9,12,15,18,28H,1-2,7-8,10-11,13-14H2,(H,25,26,27). The predicted octanol–water partition coefficient (Wildman–Crippen LogP) is 4.59. The quantitative estimate of drug-likeness (QED) is 0.741. The largest absolute Gasteiger partial charge is 0.370 e. The third-order valence-corrected chi connectivity index (χ3v) is 6.72. The highest BCUT2D eigenvalue weighted by atomic mass is 35.5. The van der Waals surface area contributed by atoms with Gasteiger partial charge >= 0.3 is 0 Å². The molecule has 0 radical (unpaired) electrons. The number of piperidine rings is 1. The molecule has 0 atom stereocenters. The lowest BCUT2D eigenvalue weighted by Crippen LogP contribution is -2.59. The van der Waals surface area contributed by atoms with Crippen molar-refractivity contribution in [3.63, 3.8) is 0 Å². The highest BCUT2D eigenvalue weighted by Crippen LogP contribution is 2.37. The first-order valence-corrected chi connectivity index (χ1v) is 11.1. The molecule has 7 heteroatoms. The number of benzene rings is 1. The lowest BCUT2D eigenvalue weighted by Gasteiger charge is -2.46. The number of nitrogens with one attached hydrogen (secondary N) is 2. The summed E-state index contributed by atoms with van der Waals surface area (Å²) in [4.78, 5) is 24.5. The van der Waals surface area contributed by atoms with Gasteiger partial charge in [0.15, 0.2) is 5.82 Å². The number of carbonyl (C=O) groups excluding carboxylic acids is 1. The molecule has 0 unspecified atom stereocenters. The van der Waals surface area contributed by atoms with Crippen LogP contribution >= 0.6 is 11.6 Å². The van der Waals surface area contributed by atoms with Crippen LogP contribution in [0.3, 0.4) is 0 Å². The Kier molecular flexibility index (Phi) is 5.11. The van der Waals surface area contributed by atoms with Crippen LogP contribution in [0.4, 0.5) is 11.5 Å². The summed E-state index contributed by atoms with van der Waals surface area (Å²) in [7, 11) is 0. The van der Waals surface area contributed by atoms with Crippen LogP contribution in [0, 0.1) is 0 Å². The van der Waals surface area contributed by atoms with Crippen LogP contribution in [0.2, 0.25) is 5.02 Å². The van der Waals surface area contributed by atoms with Crippen LogP contribution in [0.15, 0.2) is 47.6 Å². The Balaban J connectivity index is 1.39. The zero-order chi connectivity index (χ0) is 20.6. The number of aliphatic imine (C=N–C) groups is 1. The van der Waals surface area contributed by atoms with Crippen molar-refractivity contribution in [1.29, 1.82) is 0 Å². The number of hydrogen-bond donors (Lipinski definition) is 2. The summed E-state index contributed by atoms with van der Waals surface area (Å²) in [5.41, 5.74) is 1.35. The second kappa shape index (κ2) is 7.91. The fraction of sp³-hybridized carbons (Fsp3) is 0.435. The van der Waals surface area contributed by atoms with Crippen molar-refractivity contribution >= 4 is 34.8 Å². The lowest BCUT2D eigenvalue weighted by atomic mass is 9.83. The molecule has 5 rings (SSSR count). The van der Waals surface area contributed by atoms with Gasteiger partial charge in [-0.25, -0.2) is 4.98 Å². The Labute approximate surface area is 181 Å². The van der Waals surface area contributed by atoms with Crippen molar-refractivity contribution < 1.29 is 4.79 Å². The van der Waals surface area contributed by atoms with Crippen LogP contribution in [0.5, 0.6) is 0 Å². The van der Waals surface area contributed by atoms with Gasteiger partial charge in [-0.2, -0.15) is 0 Å². The molecule has 1 saturated heterocycles. The molecule has 3 aliphatic rings. The zero-order valence-corrected chi connectivity index (χ0v) is 17.7. The third kappa shape index (κ3) is 3.65. The molecular formula is C23H26ClN5O. The van der Waals surface area contributed by atoms with Gasteiger partial charge in [-0.05, 0) is 56.0 Å². The van der Waals surface area contributed by atoms with Gasteiger partial charge in [-0.1, -0.05) is 30.5 Å². The SMILES string of the molecule is O=C(c1cccc(Cl)c1)N1CCC2(CC1)Nc1cccnc1NC2=NC1CCCC1. The molecule has 156 valence electrons. The van der Waals surface area contributed by atoms with Crippen molar-refractivity contribution in [2.45, 2.75) is 50.1 Å². The molecule has 1 aliphatic carbocycles. The Morgan fingerprint density at radius 3 is 2.73 bits per heavy atom.